The Morgan fingerprint density at radius 3 is 2.69 bits per heavy atom. The van der Waals surface area contributed by atoms with E-state index in [1.807, 2.05) is 0 Å². The van der Waals surface area contributed by atoms with Crippen molar-refractivity contribution in [2.45, 2.75) is 51.7 Å². The summed E-state index contributed by atoms with van der Waals surface area (Å²) >= 11 is 5.86. The molecule has 0 aliphatic carbocycles. The molecule has 0 aliphatic rings. The highest BCUT2D eigenvalue weighted by Gasteiger charge is 2.40. The minimum atomic E-state index is -4.74. The van der Waals surface area contributed by atoms with Crippen molar-refractivity contribution in [3.63, 3.8) is 0 Å². The van der Waals surface area contributed by atoms with E-state index in [1.165, 1.54) is 18.2 Å². The molecule has 8 heteroatoms. The highest BCUT2D eigenvalue weighted by molar-refractivity contribution is 6.30. The standard InChI is InChI=1S/C18H21ClF3N3O/c1-3-4-5-7-12(2)24-17(26)15-11-23-25(16(15)18(20,21)22)14-9-6-8-13(19)10-14/h6,8-12H,3-5,7H2,1-2H3,(H,24,26). The van der Waals surface area contributed by atoms with Gasteiger partial charge in [-0.05, 0) is 31.5 Å². The monoisotopic (exact) mass is 387 g/mol. The maximum atomic E-state index is 13.6. The van der Waals surface area contributed by atoms with Crippen LogP contribution in [0, 0.1) is 0 Å². The number of benzene rings is 1. The number of hydrogen-bond donors (Lipinski definition) is 1. The van der Waals surface area contributed by atoms with E-state index in [0.717, 1.165) is 25.5 Å². The molecule has 1 atom stereocenters. The molecule has 0 bridgehead atoms. The molecular weight excluding hydrogens is 367 g/mol. The van der Waals surface area contributed by atoms with E-state index in [2.05, 4.69) is 17.3 Å². The Bertz CT molecular complexity index is 758. The molecule has 142 valence electrons. The van der Waals surface area contributed by atoms with Crippen LogP contribution in [-0.2, 0) is 6.18 Å². The summed E-state index contributed by atoms with van der Waals surface area (Å²) in [5.41, 5.74) is -1.47. The van der Waals surface area contributed by atoms with Gasteiger partial charge in [0.15, 0.2) is 5.69 Å². The molecule has 26 heavy (non-hydrogen) atoms. The first-order chi connectivity index (χ1) is 12.2. The number of nitrogens with zero attached hydrogens (tertiary/aromatic N) is 2. The summed E-state index contributed by atoms with van der Waals surface area (Å²) < 4.78 is 41.5. The van der Waals surface area contributed by atoms with Gasteiger partial charge in [-0.2, -0.15) is 18.3 Å². The van der Waals surface area contributed by atoms with Crippen LogP contribution >= 0.6 is 11.6 Å². The first-order valence-electron chi connectivity index (χ1n) is 8.46. The van der Waals surface area contributed by atoms with Crippen LogP contribution in [0.3, 0.4) is 0 Å². The molecule has 0 saturated heterocycles. The van der Waals surface area contributed by atoms with E-state index in [1.54, 1.807) is 13.0 Å². The maximum absolute atomic E-state index is 13.6. The average Bonchev–Trinajstić information content (AvgIpc) is 3.00. The third kappa shape index (κ3) is 5.00. The minimum Gasteiger partial charge on any atom is -0.349 e. The molecule has 0 saturated carbocycles. The zero-order valence-electron chi connectivity index (χ0n) is 14.6. The number of carbonyl (C=O) groups excluding carboxylic acids is 1. The van der Waals surface area contributed by atoms with Gasteiger partial charge in [0, 0.05) is 11.1 Å². The fraction of sp³-hybridized carbons (Fsp3) is 0.444. The summed E-state index contributed by atoms with van der Waals surface area (Å²) in [6, 6.07) is 5.66. The molecule has 2 rings (SSSR count). The van der Waals surface area contributed by atoms with Gasteiger partial charge in [-0.3, -0.25) is 4.79 Å². The molecule has 1 unspecified atom stereocenters. The Morgan fingerprint density at radius 1 is 1.35 bits per heavy atom. The summed E-state index contributed by atoms with van der Waals surface area (Å²) in [6.07, 6.45) is -0.129. The predicted octanol–water partition coefficient (Wildman–Crippen LogP) is 5.24. The second-order valence-electron chi connectivity index (χ2n) is 6.17. The van der Waals surface area contributed by atoms with Gasteiger partial charge in [-0.1, -0.05) is 43.9 Å². The van der Waals surface area contributed by atoms with Crippen molar-refractivity contribution in [2.24, 2.45) is 0 Å². The number of alkyl halides is 3. The van der Waals surface area contributed by atoms with Gasteiger partial charge in [0.25, 0.3) is 5.91 Å². The average molecular weight is 388 g/mol. The Hall–Kier alpha value is -2.02. The van der Waals surface area contributed by atoms with Crippen LogP contribution in [0.5, 0.6) is 0 Å². The van der Waals surface area contributed by atoms with Crippen LogP contribution in [0.4, 0.5) is 13.2 Å². The van der Waals surface area contributed by atoms with Gasteiger partial charge in [0.1, 0.15) is 0 Å². The number of hydrogen-bond acceptors (Lipinski definition) is 2. The summed E-state index contributed by atoms with van der Waals surface area (Å²) in [7, 11) is 0. The van der Waals surface area contributed by atoms with Crippen LogP contribution in [0.25, 0.3) is 5.69 Å². The zero-order chi connectivity index (χ0) is 19.3. The van der Waals surface area contributed by atoms with Gasteiger partial charge in [-0.25, -0.2) is 4.68 Å². The molecule has 4 nitrogen and oxygen atoms in total. The third-order valence-electron chi connectivity index (χ3n) is 3.95. The minimum absolute atomic E-state index is 0.139. The van der Waals surface area contributed by atoms with Gasteiger partial charge >= 0.3 is 6.18 Å². The number of nitrogens with one attached hydrogen (secondary N) is 1. The number of unbranched alkanes of at least 4 members (excludes halogenated alkanes) is 2. The van der Waals surface area contributed by atoms with E-state index in [9.17, 15) is 18.0 Å². The van der Waals surface area contributed by atoms with Crippen molar-refractivity contribution < 1.29 is 18.0 Å². The second-order valence-corrected chi connectivity index (χ2v) is 6.60. The highest BCUT2D eigenvalue weighted by Crippen LogP contribution is 2.34. The fourth-order valence-corrected chi connectivity index (χ4v) is 2.85. The maximum Gasteiger partial charge on any atom is 0.434 e. The Morgan fingerprint density at radius 2 is 2.08 bits per heavy atom. The lowest BCUT2D eigenvalue weighted by atomic mass is 10.1. The van der Waals surface area contributed by atoms with E-state index < -0.39 is 23.3 Å². The molecule has 1 heterocycles. The molecular formula is C18H21ClF3N3O. The molecule has 0 aliphatic heterocycles. The Balaban J connectivity index is 2.30. The number of rotatable bonds is 7. The molecule has 1 aromatic carbocycles. The first kappa shape index (κ1) is 20.3. The molecule has 2 aromatic rings. The number of carbonyl (C=O) groups is 1. The molecule has 0 spiro atoms. The highest BCUT2D eigenvalue weighted by atomic mass is 35.5. The molecule has 1 N–H and O–H groups in total. The summed E-state index contributed by atoms with van der Waals surface area (Å²) in [6.45, 7) is 3.84. The van der Waals surface area contributed by atoms with Crippen molar-refractivity contribution in [1.82, 2.24) is 15.1 Å². The van der Waals surface area contributed by atoms with Crippen LogP contribution in [0.1, 0.15) is 55.6 Å². The van der Waals surface area contributed by atoms with Gasteiger partial charge in [0.2, 0.25) is 0 Å². The Labute approximate surface area is 155 Å². The largest absolute Gasteiger partial charge is 0.434 e. The van der Waals surface area contributed by atoms with Crippen LogP contribution < -0.4 is 5.32 Å². The summed E-state index contributed by atoms with van der Waals surface area (Å²) in [4.78, 5) is 12.4. The lowest BCUT2D eigenvalue weighted by Crippen LogP contribution is -2.33. The molecule has 0 radical (unpaired) electrons. The number of aromatic nitrogens is 2. The van der Waals surface area contributed by atoms with Crippen LogP contribution in [-0.4, -0.2) is 21.7 Å². The van der Waals surface area contributed by atoms with Crippen molar-refractivity contribution in [2.75, 3.05) is 0 Å². The van der Waals surface area contributed by atoms with Gasteiger partial charge in [0.05, 0.1) is 17.4 Å². The quantitative estimate of drug-likeness (QED) is 0.660. The van der Waals surface area contributed by atoms with Gasteiger partial charge < -0.3 is 5.32 Å². The lowest BCUT2D eigenvalue weighted by molar-refractivity contribution is -0.143. The topological polar surface area (TPSA) is 46.9 Å². The Kier molecular flexibility index (Phi) is 6.69. The van der Waals surface area contributed by atoms with Gasteiger partial charge in [-0.15, -0.1) is 0 Å². The van der Waals surface area contributed by atoms with Crippen LogP contribution in [0.15, 0.2) is 30.5 Å². The smallest absolute Gasteiger partial charge is 0.349 e. The normalized spacial score (nSPS) is 12.8. The molecule has 0 fully saturated rings. The van der Waals surface area contributed by atoms with Crippen molar-refractivity contribution in [3.8, 4) is 5.69 Å². The van der Waals surface area contributed by atoms with E-state index in [4.69, 9.17) is 11.6 Å². The van der Waals surface area contributed by atoms with E-state index in [-0.39, 0.29) is 16.8 Å². The SMILES string of the molecule is CCCCCC(C)NC(=O)c1cnn(-c2cccc(Cl)c2)c1C(F)(F)F. The molecule has 1 amide bonds. The zero-order valence-corrected chi connectivity index (χ0v) is 15.4. The second kappa shape index (κ2) is 8.58. The fourth-order valence-electron chi connectivity index (χ4n) is 2.67. The summed E-state index contributed by atoms with van der Waals surface area (Å²) in [5.74, 6) is -0.783. The van der Waals surface area contributed by atoms with E-state index in [0.29, 0.717) is 11.1 Å². The molecule has 1 aromatic heterocycles. The van der Waals surface area contributed by atoms with E-state index >= 15 is 0 Å². The van der Waals surface area contributed by atoms with Crippen LogP contribution in [0.2, 0.25) is 5.02 Å². The first-order valence-corrected chi connectivity index (χ1v) is 8.83. The van der Waals surface area contributed by atoms with Crippen molar-refractivity contribution in [1.29, 1.82) is 0 Å². The predicted molar refractivity (Wildman–Crippen MR) is 94.6 cm³/mol. The third-order valence-corrected chi connectivity index (χ3v) is 4.19. The number of halogens is 4. The summed E-state index contributed by atoms with van der Waals surface area (Å²) in [5, 5.41) is 6.68. The lowest BCUT2D eigenvalue weighted by Gasteiger charge is -2.16. The van der Waals surface area contributed by atoms with Crippen molar-refractivity contribution in [3.05, 3.63) is 46.7 Å². The van der Waals surface area contributed by atoms with Crippen molar-refractivity contribution >= 4 is 17.5 Å². The number of amides is 1.